The normalized spacial score (nSPS) is 28.2. The van der Waals surface area contributed by atoms with Gasteiger partial charge in [0.25, 0.3) is 0 Å². The number of carbonyl (C=O) groups is 3. The predicted molar refractivity (Wildman–Crippen MR) is 234 cm³/mol. The van der Waals surface area contributed by atoms with Gasteiger partial charge in [-0.2, -0.15) is 0 Å². The Balaban J connectivity index is 1.50. The maximum atomic E-state index is 14.2. The molecule has 4 bridgehead atoms. The lowest BCUT2D eigenvalue weighted by molar-refractivity contribution is -0.215. The first-order chi connectivity index (χ1) is 27.5. The van der Waals surface area contributed by atoms with Gasteiger partial charge in [-0.05, 0) is 120 Å². The molecule has 57 heavy (non-hydrogen) atoms. The van der Waals surface area contributed by atoms with Crippen molar-refractivity contribution in [2.24, 2.45) is 39.4 Å². The van der Waals surface area contributed by atoms with E-state index in [1.54, 1.807) is 0 Å². The summed E-state index contributed by atoms with van der Waals surface area (Å²) in [5.74, 6) is 1.15. The SMILES string of the molecule is C=C1CCCC(CCC)(C(=O)OCC23CC4CC(COC(=O)CC(CCCCC)CCCCC)(CC(COC(=O)CC(CCCCC)CCCCC)(C4)C2)C3)CC1. The molecule has 6 heteroatoms. The summed E-state index contributed by atoms with van der Waals surface area (Å²) in [6.45, 7) is 16.7. The van der Waals surface area contributed by atoms with Crippen LogP contribution in [0.4, 0.5) is 0 Å². The fourth-order valence-electron chi connectivity index (χ4n) is 12.8. The summed E-state index contributed by atoms with van der Waals surface area (Å²) in [4.78, 5) is 41.5. The van der Waals surface area contributed by atoms with Crippen molar-refractivity contribution in [1.29, 1.82) is 0 Å². The Morgan fingerprint density at radius 1 is 0.579 bits per heavy atom. The Morgan fingerprint density at radius 3 is 1.40 bits per heavy atom. The fourth-order valence-corrected chi connectivity index (χ4v) is 12.8. The highest BCUT2D eigenvalue weighted by molar-refractivity contribution is 5.77. The van der Waals surface area contributed by atoms with Crippen LogP contribution in [0.15, 0.2) is 12.2 Å². The van der Waals surface area contributed by atoms with E-state index in [1.165, 1.54) is 82.6 Å². The van der Waals surface area contributed by atoms with Gasteiger partial charge in [0.1, 0.15) is 0 Å². The minimum atomic E-state index is -0.424. The van der Waals surface area contributed by atoms with Crippen molar-refractivity contribution in [3.8, 4) is 0 Å². The second kappa shape index (κ2) is 23.8. The third kappa shape index (κ3) is 14.7. The second-order valence-electron chi connectivity index (χ2n) is 20.7. The molecule has 5 rings (SSSR count). The monoisotopic (exact) mass is 797 g/mol. The van der Waals surface area contributed by atoms with E-state index in [2.05, 4.69) is 41.2 Å². The van der Waals surface area contributed by atoms with Gasteiger partial charge < -0.3 is 14.2 Å². The van der Waals surface area contributed by atoms with Gasteiger partial charge in [0.15, 0.2) is 0 Å². The van der Waals surface area contributed by atoms with Crippen molar-refractivity contribution < 1.29 is 28.6 Å². The third-order valence-corrected chi connectivity index (χ3v) is 15.1. The highest BCUT2D eigenvalue weighted by Gasteiger charge is 2.64. The van der Waals surface area contributed by atoms with Gasteiger partial charge >= 0.3 is 17.9 Å². The van der Waals surface area contributed by atoms with E-state index in [-0.39, 0.29) is 34.2 Å². The summed E-state index contributed by atoms with van der Waals surface area (Å²) in [5, 5.41) is 0. The zero-order chi connectivity index (χ0) is 41.2. The first kappa shape index (κ1) is 47.8. The van der Waals surface area contributed by atoms with Crippen LogP contribution in [0.2, 0.25) is 0 Å². The minimum absolute atomic E-state index is 0.00914. The average Bonchev–Trinajstić information content (AvgIpc) is 3.36. The lowest BCUT2D eigenvalue weighted by Crippen LogP contribution is -2.61. The van der Waals surface area contributed by atoms with Crippen LogP contribution >= 0.6 is 0 Å². The third-order valence-electron chi connectivity index (χ3n) is 15.1. The molecule has 328 valence electrons. The van der Waals surface area contributed by atoms with Crippen LogP contribution in [0.3, 0.4) is 0 Å². The van der Waals surface area contributed by atoms with E-state index in [4.69, 9.17) is 14.2 Å². The summed E-state index contributed by atoms with van der Waals surface area (Å²) in [7, 11) is 0. The molecule has 5 aliphatic rings. The van der Waals surface area contributed by atoms with Crippen molar-refractivity contribution in [3.05, 3.63) is 12.2 Å². The first-order valence-electron chi connectivity index (χ1n) is 24.6. The molecule has 5 fully saturated rings. The number of hydrogen-bond acceptors (Lipinski definition) is 6. The van der Waals surface area contributed by atoms with Crippen molar-refractivity contribution >= 4 is 17.9 Å². The number of unbranched alkanes of at least 4 members (excludes halogenated alkanes) is 8. The van der Waals surface area contributed by atoms with E-state index < -0.39 is 5.41 Å². The molecule has 5 aliphatic carbocycles. The Kier molecular flexibility index (Phi) is 20.0. The number of esters is 3. The summed E-state index contributed by atoms with van der Waals surface area (Å²) in [5.41, 5.74) is 0.319. The molecular weight excluding hydrogens is 709 g/mol. The van der Waals surface area contributed by atoms with Gasteiger partial charge in [-0.1, -0.05) is 130 Å². The standard InChI is InChI=1S/C51H88O6/c1-7-12-16-22-42(23-17-13-8-2)30-45(52)55-38-48-32-44-33-49(35-48,39-56-46(53)31-43(24-18-14-9-3)25-19-15-10-4)37-50(34-44,36-48)40-57-47(54)51(27-11-5)28-20-21-41(6)26-29-51/h42-44H,6-40H2,1-5H3. The quantitative estimate of drug-likeness (QED) is 0.0247. The molecule has 0 aliphatic heterocycles. The molecular formula is C51H88O6. The van der Waals surface area contributed by atoms with Crippen LogP contribution in [0.1, 0.15) is 234 Å². The molecule has 0 spiro atoms. The molecule has 3 unspecified atom stereocenters. The summed E-state index contributed by atoms with van der Waals surface area (Å²) in [6, 6.07) is 0. The van der Waals surface area contributed by atoms with E-state index in [9.17, 15) is 14.4 Å². The first-order valence-corrected chi connectivity index (χ1v) is 24.6. The lowest BCUT2D eigenvalue weighted by Gasteiger charge is -2.66. The molecule has 0 heterocycles. The molecule has 0 saturated heterocycles. The highest BCUT2D eigenvalue weighted by atomic mass is 16.5. The predicted octanol–water partition coefficient (Wildman–Crippen LogP) is 14.2. The van der Waals surface area contributed by atoms with Gasteiger partial charge in [0.05, 0.1) is 25.2 Å². The molecule has 0 radical (unpaired) electrons. The average molecular weight is 797 g/mol. The second-order valence-corrected chi connectivity index (χ2v) is 20.7. The zero-order valence-electron chi connectivity index (χ0n) is 37.9. The van der Waals surface area contributed by atoms with Crippen LogP contribution in [-0.4, -0.2) is 37.7 Å². The van der Waals surface area contributed by atoms with Crippen LogP contribution in [0, 0.1) is 39.4 Å². The fraction of sp³-hybridized carbons (Fsp3) is 0.902. The molecule has 6 nitrogen and oxygen atoms in total. The van der Waals surface area contributed by atoms with Gasteiger partial charge in [-0.15, -0.1) is 0 Å². The Morgan fingerprint density at radius 2 is 1.00 bits per heavy atom. The van der Waals surface area contributed by atoms with Crippen molar-refractivity contribution in [1.82, 2.24) is 0 Å². The van der Waals surface area contributed by atoms with Gasteiger partial charge in [-0.25, -0.2) is 0 Å². The van der Waals surface area contributed by atoms with Crippen molar-refractivity contribution in [2.75, 3.05) is 19.8 Å². The van der Waals surface area contributed by atoms with Crippen LogP contribution < -0.4 is 0 Å². The van der Waals surface area contributed by atoms with E-state index in [0.717, 1.165) is 109 Å². The number of ether oxygens (including phenoxy) is 3. The largest absolute Gasteiger partial charge is 0.465 e. The van der Waals surface area contributed by atoms with Crippen molar-refractivity contribution in [2.45, 2.75) is 234 Å². The zero-order valence-corrected chi connectivity index (χ0v) is 37.9. The number of carbonyl (C=O) groups excluding carboxylic acids is 3. The molecule has 3 atom stereocenters. The number of allylic oxidation sites excluding steroid dienone is 1. The van der Waals surface area contributed by atoms with E-state index >= 15 is 0 Å². The summed E-state index contributed by atoms with van der Waals surface area (Å²) < 4.78 is 19.3. The Hall–Kier alpha value is -1.85. The van der Waals surface area contributed by atoms with Crippen LogP contribution in [-0.2, 0) is 28.6 Å². The van der Waals surface area contributed by atoms with Crippen LogP contribution in [0.5, 0.6) is 0 Å². The minimum Gasteiger partial charge on any atom is -0.465 e. The van der Waals surface area contributed by atoms with Gasteiger partial charge in [0, 0.05) is 29.1 Å². The Bertz CT molecular complexity index is 1160. The highest BCUT2D eigenvalue weighted by Crippen LogP contribution is 2.70. The van der Waals surface area contributed by atoms with Crippen LogP contribution in [0.25, 0.3) is 0 Å². The lowest BCUT2D eigenvalue weighted by atomic mass is 9.40. The summed E-state index contributed by atoms with van der Waals surface area (Å²) in [6.07, 6.45) is 32.2. The topological polar surface area (TPSA) is 78.9 Å². The number of hydrogen-bond donors (Lipinski definition) is 0. The number of rotatable bonds is 29. The van der Waals surface area contributed by atoms with E-state index in [1.807, 2.05) is 0 Å². The summed E-state index contributed by atoms with van der Waals surface area (Å²) >= 11 is 0. The van der Waals surface area contributed by atoms with Gasteiger partial charge in [-0.3, -0.25) is 14.4 Å². The molecule has 0 amide bonds. The Labute approximate surface area is 350 Å². The smallest absolute Gasteiger partial charge is 0.312 e. The van der Waals surface area contributed by atoms with E-state index in [0.29, 0.717) is 50.4 Å². The molecule has 0 aromatic heterocycles. The molecule has 5 saturated carbocycles. The molecule has 0 aromatic rings. The molecule has 0 aromatic carbocycles. The molecule has 0 N–H and O–H groups in total. The maximum Gasteiger partial charge on any atom is 0.312 e. The maximum absolute atomic E-state index is 14.2. The van der Waals surface area contributed by atoms with Crippen molar-refractivity contribution in [3.63, 3.8) is 0 Å². The van der Waals surface area contributed by atoms with Gasteiger partial charge in [0.2, 0.25) is 0 Å².